The number of hydrogen-bond donors (Lipinski definition) is 2. The fraction of sp³-hybridized carbons (Fsp3) is 0.500. The number of benzene rings is 1. The highest BCUT2D eigenvalue weighted by molar-refractivity contribution is 5.72. The zero-order valence-corrected chi connectivity index (χ0v) is 10.4. The maximum absolute atomic E-state index is 11.1. The minimum atomic E-state index is -0.379. The van der Waals surface area contributed by atoms with Crippen LogP contribution >= 0.6 is 0 Å². The molecule has 0 radical (unpaired) electrons. The summed E-state index contributed by atoms with van der Waals surface area (Å²) in [6, 6.07) is 6.58. The Labute approximate surface area is 105 Å². The number of piperidine rings is 1. The van der Waals surface area contributed by atoms with E-state index in [2.05, 4.69) is 10.3 Å². The summed E-state index contributed by atoms with van der Waals surface area (Å²) in [4.78, 5) is 13.8. The molecule has 2 aromatic rings. The van der Waals surface area contributed by atoms with Crippen molar-refractivity contribution in [3.8, 4) is 0 Å². The topological polar surface area (TPSA) is 58.0 Å². The van der Waals surface area contributed by atoms with E-state index in [1.807, 2.05) is 18.2 Å². The summed E-state index contributed by atoms with van der Waals surface area (Å²) in [5, 5.41) is 3.55. The molecule has 18 heavy (non-hydrogen) atoms. The van der Waals surface area contributed by atoms with Gasteiger partial charge >= 0.3 is 5.76 Å². The van der Waals surface area contributed by atoms with E-state index >= 15 is 0 Å². The molecule has 0 amide bonds. The van der Waals surface area contributed by atoms with Crippen LogP contribution in [0.2, 0.25) is 0 Å². The van der Waals surface area contributed by atoms with Crippen molar-refractivity contribution >= 4 is 11.1 Å². The van der Waals surface area contributed by atoms with Gasteiger partial charge in [0.25, 0.3) is 0 Å². The van der Waals surface area contributed by atoms with Gasteiger partial charge in [-0.05, 0) is 49.9 Å². The van der Waals surface area contributed by atoms with Crippen molar-refractivity contribution in [2.24, 2.45) is 0 Å². The quantitative estimate of drug-likeness (QED) is 0.872. The summed E-state index contributed by atoms with van der Waals surface area (Å²) in [7, 11) is 0. The molecule has 1 aliphatic rings. The number of hydrogen-bond acceptors (Lipinski definition) is 3. The maximum atomic E-state index is 11.1. The lowest BCUT2D eigenvalue weighted by Gasteiger charge is -2.23. The van der Waals surface area contributed by atoms with Crippen molar-refractivity contribution in [3.05, 3.63) is 34.3 Å². The van der Waals surface area contributed by atoms with E-state index in [0.717, 1.165) is 24.9 Å². The molecular weight excluding hydrogens is 228 g/mol. The normalized spacial score (nSPS) is 20.3. The highest BCUT2D eigenvalue weighted by Gasteiger charge is 2.12. The third-order valence-corrected chi connectivity index (χ3v) is 3.68. The van der Waals surface area contributed by atoms with Crippen molar-refractivity contribution < 1.29 is 4.42 Å². The van der Waals surface area contributed by atoms with E-state index in [1.165, 1.54) is 24.8 Å². The number of fused-ring (bicyclic) bond motifs is 1. The van der Waals surface area contributed by atoms with Crippen molar-refractivity contribution in [2.45, 2.75) is 38.1 Å². The molecule has 1 fully saturated rings. The van der Waals surface area contributed by atoms with E-state index in [0.29, 0.717) is 11.6 Å². The SMILES string of the molecule is O=c1[nH]c2cc(CCC3CCCCN3)ccc2o1. The third kappa shape index (κ3) is 2.48. The molecule has 1 aromatic carbocycles. The molecule has 0 spiro atoms. The van der Waals surface area contributed by atoms with Crippen molar-refractivity contribution in [1.29, 1.82) is 0 Å². The number of H-pyrrole nitrogens is 1. The molecule has 96 valence electrons. The standard InChI is InChI=1S/C14H18N2O2/c17-14-16-12-9-10(5-7-13(12)18-14)4-6-11-3-1-2-8-15-11/h5,7,9,11,15H,1-4,6,8H2,(H,16,17). The van der Waals surface area contributed by atoms with E-state index in [-0.39, 0.29) is 5.76 Å². The van der Waals surface area contributed by atoms with Gasteiger partial charge in [0.1, 0.15) is 0 Å². The second kappa shape index (κ2) is 4.98. The Morgan fingerprint density at radius 3 is 3.11 bits per heavy atom. The Balaban J connectivity index is 1.68. The lowest BCUT2D eigenvalue weighted by molar-refractivity contribution is 0.383. The first-order valence-electron chi connectivity index (χ1n) is 6.66. The van der Waals surface area contributed by atoms with Crippen LogP contribution in [0.15, 0.2) is 27.4 Å². The second-order valence-corrected chi connectivity index (χ2v) is 5.03. The Morgan fingerprint density at radius 1 is 1.33 bits per heavy atom. The molecule has 1 aliphatic heterocycles. The Kier molecular flexibility index (Phi) is 3.19. The van der Waals surface area contributed by atoms with Crippen molar-refractivity contribution in [3.63, 3.8) is 0 Å². The first-order valence-corrected chi connectivity index (χ1v) is 6.66. The lowest BCUT2D eigenvalue weighted by Crippen LogP contribution is -2.34. The van der Waals surface area contributed by atoms with Crippen molar-refractivity contribution in [1.82, 2.24) is 10.3 Å². The van der Waals surface area contributed by atoms with E-state index < -0.39 is 0 Å². The molecular formula is C14H18N2O2. The van der Waals surface area contributed by atoms with Crippen LogP contribution in [0.1, 0.15) is 31.2 Å². The van der Waals surface area contributed by atoms with E-state index in [4.69, 9.17) is 4.42 Å². The molecule has 0 aliphatic carbocycles. The smallest absolute Gasteiger partial charge is 0.408 e. The third-order valence-electron chi connectivity index (χ3n) is 3.68. The van der Waals surface area contributed by atoms with Crippen LogP contribution in [-0.4, -0.2) is 17.6 Å². The highest BCUT2D eigenvalue weighted by atomic mass is 16.4. The molecule has 3 rings (SSSR count). The van der Waals surface area contributed by atoms with Crippen LogP contribution in [0.5, 0.6) is 0 Å². The average molecular weight is 246 g/mol. The van der Waals surface area contributed by atoms with Gasteiger partial charge < -0.3 is 9.73 Å². The van der Waals surface area contributed by atoms with Crippen molar-refractivity contribution in [2.75, 3.05) is 6.54 Å². The van der Waals surface area contributed by atoms with Gasteiger partial charge in [0, 0.05) is 6.04 Å². The van der Waals surface area contributed by atoms with Crippen LogP contribution in [0.3, 0.4) is 0 Å². The molecule has 2 N–H and O–H groups in total. The summed E-state index contributed by atoms with van der Waals surface area (Å²) in [6.45, 7) is 1.15. The zero-order chi connectivity index (χ0) is 12.4. The summed E-state index contributed by atoms with van der Waals surface area (Å²) in [5.41, 5.74) is 2.69. The van der Waals surface area contributed by atoms with Gasteiger partial charge in [0.05, 0.1) is 5.52 Å². The number of aromatic nitrogens is 1. The maximum Gasteiger partial charge on any atom is 0.417 e. The fourth-order valence-electron chi connectivity index (χ4n) is 2.67. The first-order chi connectivity index (χ1) is 8.81. The van der Waals surface area contributed by atoms with Crippen LogP contribution in [-0.2, 0) is 6.42 Å². The Morgan fingerprint density at radius 2 is 2.28 bits per heavy atom. The van der Waals surface area contributed by atoms with E-state index in [1.54, 1.807) is 0 Å². The molecule has 4 nitrogen and oxygen atoms in total. The number of aryl methyl sites for hydroxylation is 1. The predicted molar refractivity (Wildman–Crippen MR) is 70.8 cm³/mol. The Bertz CT molecular complexity index is 579. The fourth-order valence-corrected chi connectivity index (χ4v) is 2.67. The average Bonchev–Trinajstić information content (AvgIpc) is 2.77. The van der Waals surface area contributed by atoms with Gasteiger partial charge in [0.15, 0.2) is 5.58 Å². The first kappa shape index (κ1) is 11.5. The summed E-state index contributed by atoms with van der Waals surface area (Å²) in [5.74, 6) is -0.379. The Hall–Kier alpha value is -1.55. The van der Waals surface area contributed by atoms with Gasteiger partial charge in [0.2, 0.25) is 0 Å². The molecule has 1 unspecified atom stereocenters. The van der Waals surface area contributed by atoms with Crippen LogP contribution in [0.4, 0.5) is 0 Å². The highest BCUT2D eigenvalue weighted by Crippen LogP contribution is 2.16. The number of rotatable bonds is 3. The summed E-state index contributed by atoms with van der Waals surface area (Å²) >= 11 is 0. The molecule has 1 atom stereocenters. The summed E-state index contributed by atoms with van der Waals surface area (Å²) < 4.78 is 4.99. The van der Waals surface area contributed by atoms with Gasteiger partial charge in [-0.25, -0.2) is 4.79 Å². The largest absolute Gasteiger partial charge is 0.417 e. The van der Waals surface area contributed by atoms with Gasteiger partial charge in [-0.15, -0.1) is 0 Å². The number of nitrogens with one attached hydrogen (secondary N) is 2. The molecule has 1 saturated heterocycles. The molecule has 2 heterocycles. The van der Waals surface area contributed by atoms with Gasteiger partial charge in [-0.1, -0.05) is 12.5 Å². The van der Waals surface area contributed by atoms with Crippen LogP contribution in [0.25, 0.3) is 11.1 Å². The molecule has 1 aromatic heterocycles. The predicted octanol–water partition coefficient (Wildman–Crippen LogP) is 2.20. The summed E-state index contributed by atoms with van der Waals surface area (Å²) in [6.07, 6.45) is 6.13. The van der Waals surface area contributed by atoms with Gasteiger partial charge in [-0.3, -0.25) is 4.98 Å². The van der Waals surface area contributed by atoms with Gasteiger partial charge in [-0.2, -0.15) is 0 Å². The minimum Gasteiger partial charge on any atom is -0.408 e. The molecule has 0 saturated carbocycles. The lowest BCUT2D eigenvalue weighted by atomic mass is 9.98. The minimum absolute atomic E-state index is 0.379. The monoisotopic (exact) mass is 246 g/mol. The molecule has 4 heteroatoms. The second-order valence-electron chi connectivity index (χ2n) is 5.03. The zero-order valence-electron chi connectivity index (χ0n) is 10.4. The molecule has 0 bridgehead atoms. The van der Waals surface area contributed by atoms with E-state index in [9.17, 15) is 4.79 Å². The number of aromatic amines is 1. The van der Waals surface area contributed by atoms with Crippen LogP contribution in [0, 0.1) is 0 Å². The number of oxazole rings is 1. The van der Waals surface area contributed by atoms with Crippen LogP contribution < -0.4 is 11.1 Å².